The molecule has 22 heteroatoms. The molecule has 338 valence electrons. The van der Waals surface area contributed by atoms with Crippen LogP contribution in [0.5, 0.6) is 0 Å². The summed E-state index contributed by atoms with van der Waals surface area (Å²) in [7, 11) is 0. The molecule has 4 heterocycles. The first-order chi connectivity index (χ1) is 30.9. The average molecular weight is 895 g/mol. The number of H-pyrrole nitrogens is 1. The lowest BCUT2D eigenvalue weighted by atomic mass is 9.51. The van der Waals surface area contributed by atoms with E-state index in [2.05, 4.69) is 36.1 Å². The molecule has 2 saturated heterocycles. The number of rotatable bonds is 12. The smallest absolute Gasteiger partial charge is 0.339 e. The summed E-state index contributed by atoms with van der Waals surface area (Å²) < 4.78 is 30.4. The highest BCUT2D eigenvalue weighted by Crippen LogP contribution is 2.72. The number of hydrogen-bond donors (Lipinski definition) is 6. The largest absolute Gasteiger partial charge is 0.478 e. The summed E-state index contributed by atoms with van der Waals surface area (Å²) in [5.41, 5.74) is 5.90. The van der Waals surface area contributed by atoms with E-state index < -0.39 is 104 Å². The number of carboxylic acids is 1. The maximum Gasteiger partial charge on any atom is 0.339 e. The number of carbonyl (C=O) groups is 7. The Kier molecular flexibility index (Phi) is 11.2. The van der Waals surface area contributed by atoms with Crippen LogP contribution < -0.4 is 27.5 Å². The molecule has 2 amide bonds. The van der Waals surface area contributed by atoms with Gasteiger partial charge < -0.3 is 39.8 Å². The molecule has 1 saturated carbocycles. The molecule has 1 unspecified atom stereocenters. The zero-order valence-electron chi connectivity index (χ0n) is 35.2. The predicted octanol–water partition coefficient (Wildman–Crippen LogP) is 1.80. The number of aromatic nitrogens is 4. The minimum Gasteiger partial charge on any atom is -0.478 e. The normalized spacial score (nSPS) is 25.9. The highest BCUT2D eigenvalue weighted by Gasteiger charge is 2.86. The molecule has 22 nitrogen and oxygen atoms in total. The molecule has 2 aliphatic carbocycles. The SMILES string of the molecule is CC(=O)OC[C@]12CCC(C)=C[C@H]1O[C@@H]1[C@H](OC(=O)c3cc(C(=O)O)c(C(=O)NNC(=O)c4ccc(NCc5cnc6nc(N)[nH]c(=O)c6n5)cc4)cc3C=O)[C@@H](OC(C)=O)[C@@]2(C)C12CO2. The molecule has 4 aromatic rings. The molecule has 7 N–H and O–H groups in total. The molecule has 2 aromatic heterocycles. The second kappa shape index (κ2) is 16.5. The Morgan fingerprint density at radius 2 is 1.72 bits per heavy atom. The van der Waals surface area contributed by atoms with E-state index in [0.29, 0.717) is 24.2 Å². The van der Waals surface area contributed by atoms with Crippen molar-refractivity contribution in [1.82, 2.24) is 30.8 Å². The number of carbonyl (C=O) groups excluding carboxylic acids is 6. The second-order valence-corrected chi connectivity index (χ2v) is 16.4. The van der Waals surface area contributed by atoms with Crippen LogP contribution in [0.15, 0.2) is 59.0 Å². The minimum atomic E-state index is -1.66. The number of nitrogens with one attached hydrogen (secondary N) is 4. The number of anilines is 2. The molecule has 2 bridgehead atoms. The molecule has 7 atom stereocenters. The van der Waals surface area contributed by atoms with E-state index in [1.807, 2.05) is 19.9 Å². The molecular formula is C43H42N8O14. The summed E-state index contributed by atoms with van der Waals surface area (Å²) >= 11 is 0. The number of aromatic amines is 1. The Balaban J connectivity index is 0.981. The monoisotopic (exact) mass is 894 g/mol. The molecule has 2 aromatic carbocycles. The van der Waals surface area contributed by atoms with Gasteiger partial charge in [0.15, 0.2) is 29.7 Å². The van der Waals surface area contributed by atoms with Gasteiger partial charge >= 0.3 is 23.9 Å². The van der Waals surface area contributed by atoms with Gasteiger partial charge in [-0.05, 0) is 56.2 Å². The molecule has 65 heavy (non-hydrogen) atoms. The third-order valence-corrected chi connectivity index (χ3v) is 12.7. The number of amides is 2. The number of aldehydes is 1. The number of nitrogen functional groups attached to an aromatic ring is 1. The van der Waals surface area contributed by atoms with E-state index in [-0.39, 0.29) is 48.7 Å². The lowest BCUT2D eigenvalue weighted by Gasteiger charge is -2.57. The molecule has 4 aliphatic rings. The maximum atomic E-state index is 14.2. The second-order valence-electron chi connectivity index (χ2n) is 16.4. The molecule has 2 aliphatic heterocycles. The third-order valence-electron chi connectivity index (χ3n) is 12.7. The first-order valence-electron chi connectivity index (χ1n) is 20.2. The number of ether oxygens (including phenoxy) is 5. The van der Waals surface area contributed by atoms with Crippen molar-refractivity contribution in [2.75, 3.05) is 24.3 Å². The van der Waals surface area contributed by atoms with Crippen LogP contribution in [0.25, 0.3) is 11.2 Å². The van der Waals surface area contributed by atoms with Crippen LogP contribution in [0, 0.1) is 10.8 Å². The van der Waals surface area contributed by atoms with Crippen molar-refractivity contribution in [1.29, 1.82) is 0 Å². The number of fused-ring (bicyclic) bond motifs is 3. The van der Waals surface area contributed by atoms with Gasteiger partial charge in [0.05, 0.1) is 53.3 Å². The predicted molar refractivity (Wildman–Crippen MR) is 222 cm³/mol. The fraction of sp³-hybridized carbons (Fsp3) is 0.372. The van der Waals surface area contributed by atoms with Gasteiger partial charge in [0.1, 0.15) is 18.3 Å². The van der Waals surface area contributed by atoms with E-state index in [1.165, 1.54) is 32.2 Å². The van der Waals surface area contributed by atoms with Gasteiger partial charge in [-0.2, -0.15) is 4.98 Å². The Morgan fingerprint density at radius 1 is 1.00 bits per heavy atom. The Hall–Kier alpha value is -7.59. The van der Waals surface area contributed by atoms with Crippen molar-refractivity contribution < 1.29 is 62.4 Å². The zero-order chi connectivity index (χ0) is 46.6. The number of esters is 3. The number of nitrogens with two attached hydrogens (primary N) is 1. The number of carboxylic acid groups (broad SMARTS) is 1. The Bertz CT molecular complexity index is 2790. The first-order valence-corrected chi connectivity index (χ1v) is 20.2. The standard InChI is InChI=1S/C43H42N8O14/c1-19-9-10-42(17-61-20(2)53)29(11-19)64-33-31(32(63-21(3)54)41(42,4)43(33)18-62-43)65-39(60)26-13-28(38(58)59)27(12-23(26)16-52)36(56)51-50-35(55)22-5-7-24(8-6-22)45-14-25-15-46-34-30(47-25)37(57)49-40(44)48-34/h5-8,11-13,15-16,29,31-33,45H,9-10,14,17-18H2,1-4H3,(H,50,55)(H,51,56)(H,58,59)(H3,44,46,48,49,57)/t29-,31-,32-,33-,41-,42-,43?/m1/s1. The van der Waals surface area contributed by atoms with E-state index in [1.54, 1.807) is 12.1 Å². The van der Waals surface area contributed by atoms with Crippen molar-refractivity contribution in [2.24, 2.45) is 10.8 Å². The van der Waals surface area contributed by atoms with Gasteiger partial charge in [-0.3, -0.25) is 44.6 Å². The quantitative estimate of drug-likeness (QED) is 0.0295. The van der Waals surface area contributed by atoms with Gasteiger partial charge in [0.2, 0.25) is 5.95 Å². The summed E-state index contributed by atoms with van der Waals surface area (Å²) in [6, 6.07) is 7.64. The molecule has 3 fully saturated rings. The third kappa shape index (κ3) is 7.58. The van der Waals surface area contributed by atoms with Gasteiger partial charge in [-0.1, -0.05) is 18.6 Å². The van der Waals surface area contributed by atoms with Crippen molar-refractivity contribution >= 4 is 64.8 Å². The van der Waals surface area contributed by atoms with Crippen LogP contribution in [0.4, 0.5) is 11.6 Å². The van der Waals surface area contributed by atoms with Crippen LogP contribution in [0.1, 0.15) is 98.0 Å². The van der Waals surface area contributed by atoms with Crippen molar-refractivity contribution in [3.05, 3.63) is 98.1 Å². The number of nitrogens with zero attached hydrogens (tertiary/aromatic N) is 3. The summed E-state index contributed by atoms with van der Waals surface area (Å²) in [6.45, 7) is 6.36. The van der Waals surface area contributed by atoms with Crippen molar-refractivity contribution in [2.45, 2.75) is 77.1 Å². The number of hydrazine groups is 1. The minimum absolute atomic E-state index is 0.00644. The summed E-state index contributed by atoms with van der Waals surface area (Å²) in [5, 5.41) is 13.3. The van der Waals surface area contributed by atoms with Crippen molar-refractivity contribution in [3.8, 4) is 0 Å². The summed E-state index contributed by atoms with van der Waals surface area (Å²) in [5.74, 6) is -6.13. The van der Waals surface area contributed by atoms with Gasteiger partial charge in [0, 0.05) is 36.1 Å². The fourth-order valence-electron chi connectivity index (χ4n) is 9.38. The number of epoxide rings is 1. The molecular weight excluding hydrogens is 853 g/mol. The van der Waals surface area contributed by atoms with Crippen LogP contribution in [-0.4, -0.2) is 110 Å². The topological polar surface area (TPSA) is 323 Å². The summed E-state index contributed by atoms with van der Waals surface area (Å²) in [6.07, 6.45) is 0.307. The van der Waals surface area contributed by atoms with Crippen LogP contribution in [0.3, 0.4) is 0 Å². The lowest BCUT2D eigenvalue weighted by molar-refractivity contribution is -0.233. The van der Waals surface area contributed by atoms with Crippen LogP contribution >= 0.6 is 0 Å². The van der Waals surface area contributed by atoms with E-state index in [9.17, 15) is 43.5 Å². The van der Waals surface area contributed by atoms with E-state index in [4.69, 9.17) is 29.4 Å². The highest BCUT2D eigenvalue weighted by molar-refractivity contribution is 6.10. The maximum absolute atomic E-state index is 14.2. The van der Waals surface area contributed by atoms with Gasteiger partial charge in [0.25, 0.3) is 17.4 Å². The van der Waals surface area contributed by atoms with E-state index >= 15 is 0 Å². The van der Waals surface area contributed by atoms with Gasteiger partial charge in [-0.15, -0.1) is 0 Å². The number of aromatic carboxylic acids is 1. The first kappa shape index (κ1) is 44.0. The molecule has 0 radical (unpaired) electrons. The average Bonchev–Trinajstić information content (AvgIpc) is 4.06. The molecule has 1 spiro atoms. The number of hydrogen-bond acceptors (Lipinski definition) is 18. The van der Waals surface area contributed by atoms with Crippen molar-refractivity contribution in [3.63, 3.8) is 0 Å². The van der Waals surface area contributed by atoms with E-state index in [0.717, 1.165) is 17.7 Å². The van der Waals surface area contributed by atoms with Crippen LogP contribution in [-0.2, 0) is 39.8 Å². The summed E-state index contributed by atoms with van der Waals surface area (Å²) in [4.78, 5) is 117. The van der Waals surface area contributed by atoms with Crippen LogP contribution in [0.2, 0.25) is 0 Å². The number of allylic oxidation sites excluding steroid dienone is 1. The zero-order valence-corrected chi connectivity index (χ0v) is 35.2. The Labute approximate surface area is 367 Å². The molecule has 8 rings (SSSR count). The Morgan fingerprint density at radius 3 is 2.38 bits per heavy atom. The highest BCUT2D eigenvalue weighted by atomic mass is 16.7. The lowest BCUT2D eigenvalue weighted by Crippen LogP contribution is -2.66. The number of benzene rings is 2. The van der Waals surface area contributed by atoms with Gasteiger partial charge in [-0.25, -0.2) is 19.6 Å². The fourth-order valence-corrected chi connectivity index (χ4v) is 9.38.